The number of primary amides is 1. The molecule has 3 aromatic carbocycles. The van der Waals surface area contributed by atoms with Gasteiger partial charge in [-0.1, -0.05) is 86.6 Å². The Labute approximate surface area is 336 Å². The number of nitrogens with one attached hydrogen (secondary N) is 5. The molecule has 7 amide bonds. The number of nitrogens with zero attached hydrogens (tertiary/aromatic N) is 1. The van der Waals surface area contributed by atoms with Gasteiger partial charge in [-0.2, -0.15) is 11.8 Å². The van der Waals surface area contributed by atoms with Crippen LogP contribution < -0.4 is 32.3 Å². The highest BCUT2D eigenvalue weighted by atomic mass is 32.2. The molecule has 3 aromatic rings. The van der Waals surface area contributed by atoms with Gasteiger partial charge >= 0.3 is 0 Å². The van der Waals surface area contributed by atoms with Gasteiger partial charge in [0.2, 0.25) is 29.5 Å². The summed E-state index contributed by atoms with van der Waals surface area (Å²) in [5.74, 6) is -4.36. The molecule has 6 atom stereocenters. The summed E-state index contributed by atoms with van der Waals surface area (Å²) in [6, 6.07) is 15.6. The molecule has 15 heteroatoms. The van der Waals surface area contributed by atoms with E-state index < -0.39 is 77.1 Å². The lowest BCUT2D eigenvalue weighted by Crippen LogP contribution is -2.63. The van der Waals surface area contributed by atoms with Crippen LogP contribution in [0.15, 0.2) is 85.1 Å². The Hall–Kier alpha value is -5.70. The summed E-state index contributed by atoms with van der Waals surface area (Å²) in [5, 5.41) is 15.4. The van der Waals surface area contributed by atoms with Gasteiger partial charge in [0, 0.05) is 19.0 Å². The van der Waals surface area contributed by atoms with Crippen molar-refractivity contribution in [3.05, 3.63) is 96.2 Å². The number of amides is 7. The van der Waals surface area contributed by atoms with Crippen LogP contribution in [0.5, 0.6) is 0 Å². The average molecular weight is 798 g/mol. The Morgan fingerprint density at radius 1 is 0.789 bits per heavy atom. The number of thioether (sulfide) groups is 1. The molecule has 0 aromatic heterocycles. The number of carbonyl (C=O) groups is 7. The second kappa shape index (κ2) is 19.0. The third-order valence-corrected chi connectivity index (χ3v) is 10.9. The van der Waals surface area contributed by atoms with E-state index in [1.54, 1.807) is 48.5 Å². The molecule has 7 N–H and O–H groups in total. The summed E-state index contributed by atoms with van der Waals surface area (Å²) < 4.78 is 0. The minimum atomic E-state index is -1.87. The number of benzene rings is 3. The van der Waals surface area contributed by atoms with E-state index in [-0.39, 0.29) is 38.0 Å². The summed E-state index contributed by atoms with van der Waals surface area (Å²) in [6.07, 6.45) is 4.73. The summed E-state index contributed by atoms with van der Waals surface area (Å²) in [5.41, 5.74) is 4.74. The number of fused-ring (bicyclic) bond motifs is 3. The topological polar surface area (TPSA) is 209 Å². The molecular formula is C42H51N7O7S. The van der Waals surface area contributed by atoms with Gasteiger partial charge in [-0.3, -0.25) is 33.6 Å². The number of nitrogens with two attached hydrogens (primary N) is 1. The number of hydrogen-bond acceptors (Lipinski definition) is 8. The lowest BCUT2D eigenvalue weighted by molar-refractivity contribution is -0.141. The smallest absolute Gasteiger partial charge is 0.253 e. The highest BCUT2D eigenvalue weighted by Gasteiger charge is 2.43. The van der Waals surface area contributed by atoms with E-state index in [0.717, 1.165) is 5.39 Å². The van der Waals surface area contributed by atoms with Gasteiger partial charge in [-0.25, -0.2) is 0 Å². The first kappa shape index (κ1) is 42.4. The van der Waals surface area contributed by atoms with Gasteiger partial charge in [-0.15, -0.1) is 0 Å². The van der Waals surface area contributed by atoms with Crippen LogP contribution in [0.1, 0.15) is 57.6 Å². The largest absolute Gasteiger partial charge is 0.370 e. The molecule has 1 saturated heterocycles. The lowest BCUT2D eigenvalue weighted by Gasteiger charge is -2.35. The molecule has 0 saturated carbocycles. The molecule has 1 fully saturated rings. The third kappa shape index (κ3) is 10.4. The van der Waals surface area contributed by atoms with Crippen LogP contribution in [0, 0.1) is 5.92 Å². The minimum absolute atomic E-state index is 0.0272. The Morgan fingerprint density at radius 2 is 1.44 bits per heavy atom. The fourth-order valence-electron chi connectivity index (χ4n) is 7.11. The van der Waals surface area contributed by atoms with E-state index in [2.05, 4.69) is 26.6 Å². The second-order valence-corrected chi connectivity index (χ2v) is 16.0. The summed E-state index contributed by atoms with van der Waals surface area (Å²) >= 11 is 1.45. The molecule has 2 aliphatic heterocycles. The first-order chi connectivity index (χ1) is 27.2. The van der Waals surface area contributed by atoms with E-state index in [4.69, 9.17) is 5.73 Å². The maximum absolute atomic E-state index is 14.9. The molecule has 5 rings (SSSR count). The van der Waals surface area contributed by atoms with Crippen molar-refractivity contribution < 1.29 is 33.6 Å². The molecular weight excluding hydrogens is 747 g/mol. The van der Waals surface area contributed by atoms with Crippen LogP contribution in [0.2, 0.25) is 0 Å². The maximum atomic E-state index is 14.9. The summed E-state index contributed by atoms with van der Waals surface area (Å²) in [4.78, 5) is 99.0. The summed E-state index contributed by atoms with van der Waals surface area (Å²) in [7, 11) is 0. The van der Waals surface area contributed by atoms with E-state index in [1.807, 2.05) is 44.4 Å². The molecule has 2 heterocycles. The molecule has 0 unspecified atom stereocenters. The van der Waals surface area contributed by atoms with Gasteiger partial charge in [0.15, 0.2) is 0 Å². The molecule has 302 valence electrons. The highest BCUT2D eigenvalue weighted by Crippen LogP contribution is 2.30. The van der Waals surface area contributed by atoms with Crippen molar-refractivity contribution in [1.29, 1.82) is 0 Å². The predicted molar refractivity (Wildman–Crippen MR) is 218 cm³/mol. The highest BCUT2D eigenvalue weighted by molar-refractivity contribution is 7.98. The molecule has 57 heavy (non-hydrogen) atoms. The van der Waals surface area contributed by atoms with Gasteiger partial charge in [0.25, 0.3) is 11.8 Å². The van der Waals surface area contributed by atoms with E-state index >= 15 is 0 Å². The number of rotatable bonds is 11. The zero-order valence-corrected chi connectivity index (χ0v) is 33.4. The molecule has 0 radical (unpaired) electrons. The Bertz CT molecular complexity index is 2020. The first-order valence-corrected chi connectivity index (χ1v) is 20.4. The first-order valence-electron chi connectivity index (χ1n) is 19.1. The van der Waals surface area contributed by atoms with Crippen molar-refractivity contribution >= 4 is 63.9 Å². The summed E-state index contributed by atoms with van der Waals surface area (Å²) in [6.45, 7) is 5.29. The minimum Gasteiger partial charge on any atom is -0.370 e. The van der Waals surface area contributed by atoms with Crippen molar-refractivity contribution in [2.75, 3.05) is 12.0 Å². The quantitative estimate of drug-likeness (QED) is 0.169. The molecule has 14 nitrogen and oxygen atoms in total. The van der Waals surface area contributed by atoms with Crippen molar-refractivity contribution in [2.24, 2.45) is 11.7 Å². The van der Waals surface area contributed by atoms with Gasteiger partial charge in [0.1, 0.15) is 35.7 Å². The van der Waals surface area contributed by atoms with Crippen molar-refractivity contribution in [1.82, 2.24) is 31.5 Å². The Kier molecular flexibility index (Phi) is 14.1. The van der Waals surface area contributed by atoms with Crippen LogP contribution in [0.3, 0.4) is 0 Å². The Morgan fingerprint density at radius 3 is 2.14 bits per heavy atom. The van der Waals surface area contributed by atoms with Gasteiger partial charge < -0.3 is 37.2 Å². The van der Waals surface area contributed by atoms with Gasteiger partial charge in [0.05, 0.1) is 0 Å². The second-order valence-electron chi connectivity index (χ2n) is 15.0. The van der Waals surface area contributed by atoms with E-state index in [9.17, 15) is 33.6 Å². The predicted octanol–water partition coefficient (Wildman–Crippen LogP) is 2.16. The van der Waals surface area contributed by atoms with Gasteiger partial charge in [-0.05, 0) is 72.1 Å². The van der Waals surface area contributed by atoms with Crippen molar-refractivity contribution in [3.8, 4) is 0 Å². The fourth-order valence-corrected chi connectivity index (χ4v) is 7.58. The molecule has 2 aliphatic rings. The third-order valence-electron chi connectivity index (χ3n) is 10.2. The van der Waals surface area contributed by atoms with E-state index in [0.29, 0.717) is 22.3 Å². The number of carbonyl (C=O) groups excluding carboxylic acids is 7. The van der Waals surface area contributed by atoms with Crippen LogP contribution in [-0.4, -0.2) is 88.5 Å². The standard InChI is InChI=1S/C42H51N7O7S/c1-25(2)23-34-39(54)45-31(20-22-57-4)36(51)44-30(17-18-35(43)50)38(53)48-42(3,29-16-10-14-27-13-8-9-15-28(27)29)41(56)47-33(24-26-11-6-5-7-12-26)37(52)46-32-19-21-49(34)40(32)55/h5-16,19,21,25,30-34H,17-18,20,22-24H2,1-4H3,(H2,43,50)(H,44,51)(H,45,54)(H,46,52)(H,47,56)(H,48,53)/t30-,31-,32+,33-,34-,42-/m0/s1. The normalized spacial score (nSPS) is 24.9. The van der Waals surface area contributed by atoms with E-state index in [1.165, 1.54) is 35.9 Å². The molecule has 0 aliphatic carbocycles. The van der Waals surface area contributed by atoms with Crippen molar-refractivity contribution in [2.45, 2.75) is 88.6 Å². The van der Waals surface area contributed by atoms with Crippen LogP contribution in [0.4, 0.5) is 0 Å². The van der Waals surface area contributed by atoms with Crippen LogP contribution in [-0.2, 0) is 45.5 Å². The monoisotopic (exact) mass is 797 g/mol. The van der Waals surface area contributed by atoms with Crippen molar-refractivity contribution in [3.63, 3.8) is 0 Å². The average Bonchev–Trinajstić information content (AvgIpc) is 3.54. The molecule has 0 spiro atoms. The number of hydrogen-bond donors (Lipinski definition) is 6. The zero-order valence-electron chi connectivity index (χ0n) is 32.6. The zero-order chi connectivity index (χ0) is 41.3. The molecule has 2 bridgehead atoms. The SMILES string of the molecule is CSCC[C@@H]1NC(=O)[C@H](CC(C)C)N2C=C[C@@H](NC(=O)[C@H](Cc3ccccc3)NC(=O)[C@](C)(c3cccc4ccccc34)NC(=O)[C@H](CCC(N)=O)NC1=O)C2=O. The van der Waals surface area contributed by atoms with Crippen LogP contribution >= 0.6 is 11.8 Å². The Balaban J connectivity index is 1.64. The fraction of sp³-hybridized carbons (Fsp3) is 0.405. The lowest BCUT2D eigenvalue weighted by atomic mass is 9.85. The van der Waals surface area contributed by atoms with Crippen LogP contribution in [0.25, 0.3) is 10.8 Å². The maximum Gasteiger partial charge on any atom is 0.253 e.